The summed E-state index contributed by atoms with van der Waals surface area (Å²) in [5.41, 5.74) is 0.595. The Labute approximate surface area is 112 Å². The van der Waals surface area contributed by atoms with E-state index in [4.69, 9.17) is 10.00 Å². The van der Waals surface area contributed by atoms with Crippen molar-refractivity contribution in [3.05, 3.63) is 65.5 Å². The molecule has 0 aliphatic rings. The maximum atomic E-state index is 13.8. The lowest BCUT2D eigenvalue weighted by Gasteiger charge is -2.27. The molecule has 0 amide bonds. The number of halogens is 1. The zero-order valence-electron chi connectivity index (χ0n) is 10.9. The van der Waals surface area contributed by atoms with Gasteiger partial charge in [-0.3, -0.25) is 0 Å². The normalized spacial score (nSPS) is 10.8. The van der Waals surface area contributed by atoms with Crippen LogP contribution in [0.3, 0.4) is 0 Å². The van der Waals surface area contributed by atoms with Crippen molar-refractivity contribution in [2.24, 2.45) is 0 Å². The second kappa shape index (κ2) is 5.11. The number of ether oxygens (including phenoxy) is 1. The molecule has 0 spiro atoms. The molecule has 0 aliphatic carbocycles. The molecule has 0 bridgehead atoms. The predicted molar refractivity (Wildman–Crippen MR) is 71.2 cm³/mol. The first-order valence-electron chi connectivity index (χ1n) is 5.97. The van der Waals surface area contributed by atoms with Crippen molar-refractivity contribution in [3.63, 3.8) is 0 Å². The van der Waals surface area contributed by atoms with Gasteiger partial charge in [-0.2, -0.15) is 5.26 Å². The van der Waals surface area contributed by atoms with E-state index in [1.165, 1.54) is 12.1 Å². The molecule has 2 rings (SSSR count). The van der Waals surface area contributed by atoms with Gasteiger partial charge < -0.3 is 4.74 Å². The minimum atomic E-state index is -0.643. The molecule has 0 saturated heterocycles. The van der Waals surface area contributed by atoms with Crippen molar-refractivity contribution in [3.8, 4) is 11.8 Å². The molecule has 2 aromatic carbocycles. The van der Waals surface area contributed by atoms with Crippen LogP contribution in [0.1, 0.15) is 25.0 Å². The summed E-state index contributed by atoms with van der Waals surface area (Å²) in [7, 11) is 0. The summed E-state index contributed by atoms with van der Waals surface area (Å²) in [6.45, 7) is 3.75. The minimum Gasteiger partial charge on any atom is -0.480 e. The zero-order chi connectivity index (χ0) is 13.9. The fourth-order valence-electron chi connectivity index (χ4n) is 1.83. The second-order valence-electron chi connectivity index (χ2n) is 4.74. The van der Waals surface area contributed by atoms with Crippen molar-refractivity contribution < 1.29 is 9.13 Å². The standard InChI is InChI=1S/C16H14FNO/c1-16(2,13-6-4-3-5-7-13)19-15-9-8-12(11-18)10-14(15)17/h3-10H,1-2H3. The van der Waals surface area contributed by atoms with Crippen molar-refractivity contribution in [1.82, 2.24) is 0 Å². The molecule has 0 atom stereocenters. The van der Waals surface area contributed by atoms with Gasteiger partial charge in [0, 0.05) is 0 Å². The van der Waals surface area contributed by atoms with E-state index < -0.39 is 11.4 Å². The average molecular weight is 255 g/mol. The van der Waals surface area contributed by atoms with Gasteiger partial charge in [-0.15, -0.1) is 0 Å². The monoisotopic (exact) mass is 255 g/mol. The highest BCUT2D eigenvalue weighted by molar-refractivity contribution is 5.37. The lowest BCUT2D eigenvalue weighted by molar-refractivity contribution is 0.103. The summed E-state index contributed by atoms with van der Waals surface area (Å²) in [4.78, 5) is 0. The van der Waals surface area contributed by atoms with E-state index in [0.29, 0.717) is 0 Å². The predicted octanol–water partition coefficient (Wildman–Crippen LogP) is 4.01. The van der Waals surface area contributed by atoms with Crippen LogP contribution in [0, 0.1) is 17.1 Å². The van der Waals surface area contributed by atoms with Gasteiger partial charge in [0.15, 0.2) is 11.6 Å². The molecule has 3 heteroatoms. The van der Waals surface area contributed by atoms with Crippen LogP contribution in [0.15, 0.2) is 48.5 Å². The summed E-state index contributed by atoms with van der Waals surface area (Å²) in [5, 5.41) is 8.71. The van der Waals surface area contributed by atoms with Gasteiger partial charge in [0.05, 0.1) is 11.6 Å². The van der Waals surface area contributed by atoms with Crippen LogP contribution in [0.4, 0.5) is 4.39 Å². The van der Waals surface area contributed by atoms with E-state index in [2.05, 4.69) is 0 Å². The summed E-state index contributed by atoms with van der Waals surface area (Å²) in [6.07, 6.45) is 0. The molecular formula is C16H14FNO. The maximum absolute atomic E-state index is 13.8. The fraction of sp³-hybridized carbons (Fsp3) is 0.188. The highest BCUT2D eigenvalue weighted by Crippen LogP contribution is 2.29. The Hall–Kier alpha value is -2.34. The second-order valence-corrected chi connectivity index (χ2v) is 4.74. The third kappa shape index (κ3) is 2.92. The first-order valence-corrected chi connectivity index (χ1v) is 5.97. The van der Waals surface area contributed by atoms with Crippen LogP contribution in [0.25, 0.3) is 0 Å². The molecule has 0 aromatic heterocycles. The molecule has 0 aliphatic heterocycles. The molecule has 0 heterocycles. The van der Waals surface area contributed by atoms with Crippen molar-refractivity contribution >= 4 is 0 Å². The summed E-state index contributed by atoms with van der Waals surface area (Å²) >= 11 is 0. The molecule has 96 valence electrons. The topological polar surface area (TPSA) is 33.0 Å². The Morgan fingerprint density at radius 1 is 1.11 bits per heavy atom. The van der Waals surface area contributed by atoms with E-state index in [1.807, 2.05) is 50.2 Å². The Balaban J connectivity index is 2.28. The smallest absolute Gasteiger partial charge is 0.166 e. The Morgan fingerprint density at radius 3 is 2.37 bits per heavy atom. The number of benzene rings is 2. The largest absolute Gasteiger partial charge is 0.480 e. The molecule has 0 unspecified atom stereocenters. The third-order valence-electron chi connectivity index (χ3n) is 2.90. The molecule has 0 fully saturated rings. The third-order valence-corrected chi connectivity index (χ3v) is 2.90. The highest BCUT2D eigenvalue weighted by Gasteiger charge is 2.23. The molecule has 0 N–H and O–H groups in total. The first-order chi connectivity index (χ1) is 9.03. The van der Waals surface area contributed by atoms with Crippen LogP contribution in [-0.4, -0.2) is 0 Å². The van der Waals surface area contributed by atoms with Gasteiger partial charge in [-0.05, 0) is 37.6 Å². The first kappa shape index (κ1) is 13.1. The quantitative estimate of drug-likeness (QED) is 0.830. The molecule has 2 aromatic rings. The lowest BCUT2D eigenvalue weighted by Crippen LogP contribution is -2.25. The van der Waals surface area contributed by atoms with Gasteiger partial charge in [0.1, 0.15) is 5.60 Å². The van der Waals surface area contributed by atoms with Gasteiger partial charge in [0.25, 0.3) is 0 Å². The number of nitrogens with zero attached hydrogens (tertiary/aromatic N) is 1. The van der Waals surface area contributed by atoms with E-state index >= 15 is 0 Å². The summed E-state index contributed by atoms with van der Waals surface area (Å²) in [5.74, 6) is -0.379. The van der Waals surface area contributed by atoms with Crippen molar-refractivity contribution in [2.45, 2.75) is 19.4 Å². The zero-order valence-corrected chi connectivity index (χ0v) is 10.9. The average Bonchev–Trinajstić information content (AvgIpc) is 2.42. The number of rotatable bonds is 3. The summed E-state index contributed by atoms with van der Waals surface area (Å²) < 4.78 is 19.5. The minimum absolute atomic E-state index is 0.146. The Morgan fingerprint density at radius 2 is 1.79 bits per heavy atom. The van der Waals surface area contributed by atoms with Crippen LogP contribution in [-0.2, 0) is 5.60 Å². The van der Waals surface area contributed by atoms with Crippen LogP contribution in [0.2, 0.25) is 0 Å². The van der Waals surface area contributed by atoms with E-state index in [9.17, 15) is 4.39 Å². The van der Waals surface area contributed by atoms with Crippen LogP contribution < -0.4 is 4.74 Å². The fourth-order valence-corrected chi connectivity index (χ4v) is 1.83. The lowest BCUT2D eigenvalue weighted by atomic mass is 9.98. The van der Waals surface area contributed by atoms with E-state index in [-0.39, 0.29) is 11.3 Å². The van der Waals surface area contributed by atoms with Gasteiger partial charge in [0.2, 0.25) is 0 Å². The molecule has 0 saturated carbocycles. The highest BCUT2D eigenvalue weighted by atomic mass is 19.1. The Kier molecular flexibility index (Phi) is 3.52. The van der Waals surface area contributed by atoms with E-state index in [0.717, 1.165) is 5.56 Å². The Bertz CT molecular complexity index is 614. The van der Waals surface area contributed by atoms with Crippen LogP contribution >= 0.6 is 0 Å². The van der Waals surface area contributed by atoms with Gasteiger partial charge in [-0.25, -0.2) is 4.39 Å². The van der Waals surface area contributed by atoms with Crippen LogP contribution in [0.5, 0.6) is 5.75 Å². The number of hydrogen-bond donors (Lipinski definition) is 0. The molecular weight excluding hydrogens is 241 g/mol. The SMILES string of the molecule is CC(C)(Oc1ccc(C#N)cc1F)c1ccccc1. The molecule has 19 heavy (non-hydrogen) atoms. The molecule has 0 radical (unpaired) electrons. The van der Waals surface area contributed by atoms with Gasteiger partial charge >= 0.3 is 0 Å². The van der Waals surface area contributed by atoms with Gasteiger partial charge in [-0.1, -0.05) is 30.3 Å². The molecule has 2 nitrogen and oxygen atoms in total. The number of hydrogen-bond acceptors (Lipinski definition) is 2. The van der Waals surface area contributed by atoms with Crippen molar-refractivity contribution in [1.29, 1.82) is 5.26 Å². The van der Waals surface area contributed by atoms with E-state index in [1.54, 1.807) is 6.07 Å². The van der Waals surface area contributed by atoms with Crippen molar-refractivity contribution in [2.75, 3.05) is 0 Å². The number of nitriles is 1. The maximum Gasteiger partial charge on any atom is 0.166 e. The summed E-state index contributed by atoms with van der Waals surface area (Å²) in [6, 6.07) is 15.7.